The number of fused-ring (bicyclic) bond motifs is 2. The number of rotatable bonds is 5. The van der Waals surface area contributed by atoms with Crippen LogP contribution in [0.15, 0.2) is 42.5 Å². The fourth-order valence-electron chi connectivity index (χ4n) is 6.04. The Morgan fingerprint density at radius 2 is 1.84 bits per heavy atom. The first-order valence-corrected chi connectivity index (χ1v) is 13.0. The number of amides is 1. The number of likely N-dealkylation sites (tertiary alicyclic amines) is 2. The highest BCUT2D eigenvalue weighted by atomic mass is 19.1. The van der Waals surface area contributed by atoms with Crippen LogP contribution < -0.4 is 5.32 Å². The molecule has 37 heavy (non-hydrogen) atoms. The van der Waals surface area contributed by atoms with E-state index in [4.69, 9.17) is 0 Å². The third-order valence-electron chi connectivity index (χ3n) is 8.29. The summed E-state index contributed by atoms with van der Waals surface area (Å²) in [7, 11) is 0. The molecule has 8 heteroatoms. The zero-order valence-electron chi connectivity index (χ0n) is 20.8. The normalized spacial score (nSPS) is 20.5. The molecule has 194 valence electrons. The van der Waals surface area contributed by atoms with Crippen molar-refractivity contribution in [3.8, 4) is 6.07 Å². The Hall–Kier alpha value is -3.28. The lowest BCUT2D eigenvalue weighted by molar-refractivity contribution is -0.128. The van der Waals surface area contributed by atoms with Crippen LogP contribution in [0.1, 0.15) is 42.4 Å². The summed E-state index contributed by atoms with van der Waals surface area (Å²) < 4.78 is 26.7. The van der Waals surface area contributed by atoms with Crippen LogP contribution in [0, 0.1) is 28.9 Å². The molecule has 2 aromatic carbocycles. The van der Waals surface area contributed by atoms with E-state index in [-0.39, 0.29) is 17.2 Å². The molecule has 5 rings (SSSR count). The number of anilines is 1. The number of hydrogen-bond donors (Lipinski definition) is 2. The van der Waals surface area contributed by atoms with Crippen LogP contribution in [0.2, 0.25) is 0 Å². The number of carbonyl (C=O) groups excluding carboxylic acids is 1. The third-order valence-corrected chi connectivity index (χ3v) is 8.29. The highest BCUT2D eigenvalue weighted by Crippen LogP contribution is 2.44. The van der Waals surface area contributed by atoms with Gasteiger partial charge in [-0.2, -0.15) is 5.26 Å². The summed E-state index contributed by atoms with van der Waals surface area (Å²) in [5.74, 6) is -1.41. The molecular weight excluding hydrogens is 474 g/mol. The Bertz CT molecular complexity index is 1200. The van der Waals surface area contributed by atoms with Crippen molar-refractivity contribution in [3.63, 3.8) is 0 Å². The number of nitrogens with zero attached hydrogens (tertiary/aromatic N) is 3. The van der Waals surface area contributed by atoms with Gasteiger partial charge in [0.15, 0.2) is 0 Å². The van der Waals surface area contributed by atoms with Crippen LogP contribution in [-0.2, 0) is 10.2 Å². The highest BCUT2D eigenvalue weighted by Gasteiger charge is 2.42. The molecule has 3 aliphatic heterocycles. The van der Waals surface area contributed by atoms with Crippen molar-refractivity contribution in [1.29, 1.82) is 5.26 Å². The minimum atomic E-state index is -0.677. The molecule has 0 aromatic heterocycles. The fraction of sp³-hybridized carbons (Fsp3) is 0.448. The maximum atomic E-state index is 13.3. The lowest BCUT2D eigenvalue weighted by Gasteiger charge is -2.41. The number of β-amino-alcohol motifs (C(OH)–C–C–N with tert-alkyl or cyclic N) is 1. The minimum absolute atomic E-state index is 0.0557. The van der Waals surface area contributed by atoms with Gasteiger partial charge in [-0.25, -0.2) is 8.78 Å². The lowest BCUT2D eigenvalue weighted by Crippen LogP contribution is -2.48. The van der Waals surface area contributed by atoms with Gasteiger partial charge in [-0.05, 0) is 92.2 Å². The molecule has 1 amide bonds. The predicted octanol–water partition coefficient (Wildman–Crippen LogP) is 3.91. The molecule has 2 N–H and O–H groups in total. The molecule has 2 fully saturated rings. The number of carbonyl (C=O) groups is 1. The highest BCUT2D eigenvalue weighted by molar-refractivity contribution is 5.91. The van der Waals surface area contributed by atoms with Gasteiger partial charge in [-0.1, -0.05) is 0 Å². The fourth-order valence-corrected chi connectivity index (χ4v) is 6.04. The van der Waals surface area contributed by atoms with Crippen molar-refractivity contribution < 1.29 is 18.7 Å². The Kier molecular flexibility index (Phi) is 7.27. The average Bonchev–Trinajstić information content (AvgIpc) is 3.25. The zero-order chi connectivity index (χ0) is 26.0. The van der Waals surface area contributed by atoms with E-state index >= 15 is 0 Å². The smallest absolute Gasteiger partial charge is 0.246 e. The second-order valence-corrected chi connectivity index (χ2v) is 10.6. The number of benzene rings is 2. The number of nitriles is 1. The average molecular weight is 507 g/mol. The van der Waals surface area contributed by atoms with Crippen LogP contribution in [0.5, 0.6) is 0 Å². The van der Waals surface area contributed by atoms with Crippen molar-refractivity contribution in [3.05, 3.63) is 70.8 Å². The van der Waals surface area contributed by atoms with Gasteiger partial charge in [0, 0.05) is 49.4 Å². The Balaban J connectivity index is 1.09. The summed E-state index contributed by atoms with van der Waals surface area (Å²) in [6.07, 6.45) is 5.76. The third kappa shape index (κ3) is 5.53. The van der Waals surface area contributed by atoms with E-state index in [0.717, 1.165) is 57.1 Å². The Morgan fingerprint density at radius 1 is 1.14 bits per heavy atom. The molecule has 1 spiro atoms. The second kappa shape index (κ2) is 10.6. The van der Waals surface area contributed by atoms with Crippen LogP contribution in [-0.4, -0.2) is 66.2 Å². The largest absolute Gasteiger partial charge is 0.392 e. The first-order chi connectivity index (χ1) is 17.8. The number of aliphatic hydroxyl groups excluding tert-OH is 1. The first kappa shape index (κ1) is 25.4. The van der Waals surface area contributed by atoms with Crippen LogP contribution in [0.25, 0.3) is 6.08 Å². The van der Waals surface area contributed by atoms with Crippen molar-refractivity contribution in [2.75, 3.05) is 44.6 Å². The minimum Gasteiger partial charge on any atom is -0.392 e. The first-order valence-electron chi connectivity index (χ1n) is 13.0. The van der Waals surface area contributed by atoms with Crippen LogP contribution in [0.4, 0.5) is 14.5 Å². The van der Waals surface area contributed by atoms with Gasteiger partial charge in [-0.15, -0.1) is 0 Å². The van der Waals surface area contributed by atoms with Crippen molar-refractivity contribution in [2.24, 2.45) is 5.92 Å². The number of hydrogen-bond acceptors (Lipinski definition) is 5. The van der Waals surface area contributed by atoms with E-state index in [1.807, 2.05) is 18.2 Å². The van der Waals surface area contributed by atoms with Gasteiger partial charge in [-0.3, -0.25) is 4.79 Å². The molecule has 1 atom stereocenters. The van der Waals surface area contributed by atoms with E-state index in [1.54, 1.807) is 4.90 Å². The maximum Gasteiger partial charge on any atom is 0.246 e. The summed E-state index contributed by atoms with van der Waals surface area (Å²) in [5.41, 5.74) is 3.44. The van der Waals surface area contributed by atoms with E-state index in [1.165, 1.54) is 29.8 Å². The number of aliphatic hydroxyl groups is 1. The van der Waals surface area contributed by atoms with Gasteiger partial charge >= 0.3 is 0 Å². The molecule has 6 nitrogen and oxygen atoms in total. The quantitative estimate of drug-likeness (QED) is 0.602. The number of halogens is 2. The molecule has 0 radical (unpaired) electrons. The van der Waals surface area contributed by atoms with E-state index in [2.05, 4.69) is 16.3 Å². The molecule has 2 saturated heterocycles. The molecule has 3 aliphatic rings. The van der Waals surface area contributed by atoms with Gasteiger partial charge < -0.3 is 20.2 Å². The van der Waals surface area contributed by atoms with Crippen LogP contribution >= 0.6 is 0 Å². The second-order valence-electron chi connectivity index (χ2n) is 10.6. The summed E-state index contributed by atoms with van der Waals surface area (Å²) in [4.78, 5) is 16.6. The molecule has 1 unspecified atom stereocenters. The van der Waals surface area contributed by atoms with Gasteiger partial charge in [0.1, 0.15) is 11.6 Å². The SMILES string of the molecule is N#Cc1ccc2c(c1)C1(CCN(CC(O)C3CCN(C(=O)C=Cc4cc(F)cc(F)c4)CC3)CC1)CN2. The van der Waals surface area contributed by atoms with Crippen molar-refractivity contribution in [2.45, 2.75) is 37.2 Å². The monoisotopic (exact) mass is 506 g/mol. The predicted molar refractivity (Wildman–Crippen MR) is 138 cm³/mol. The number of piperidine rings is 2. The molecule has 0 aliphatic carbocycles. The molecule has 3 heterocycles. The number of nitrogens with one attached hydrogen (secondary N) is 1. The molecule has 0 saturated carbocycles. The van der Waals surface area contributed by atoms with Gasteiger partial charge in [0.2, 0.25) is 5.91 Å². The van der Waals surface area contributed by atoms with Gasteiger partial charge in [0.05, 0.1) is 17.7 Å². The maximum absolute atomic E-state index is 13.3. The van der Waals surface area contributed by atoms with Crippen molar-refractivity contribution >= 4 is 17.7 Å². The van der Waals surface area contributed by atoms with Gasteiger partial charge in [0.25, 0.3) is 0 Å². The summed E-state index contributed by atoms with van der Waals surface area (Å²) in [6.45, 7) is 4.42. The molecular formula is C29H32F2N4O2. The van der Waals surface area contributed by atoms with E-state index < -0.39 is 17.7 Å². The Labute approximate surface area is 216 Å². The Morgan fingerprint density at radius 3 is 2.51 bits per heavy atom. The topological polar surface area (TPSA) is 79.6 Å². The van der Waals surface area contributed by atoms with Crippen LogP contribution in [0.3, 0.4) is 0 Å². The lowest BCUT2D eigenvalue weighted by atomic mass is 9.74. The zero-order valence-corrected chi connectivity index (χ0v) is 20.8. The molecule has 2 aromatic rings. The van der Waals surface area contributed by atoms with E-state index in [0.29, 0.717) is 30.8 Å². The standard InChI is InChI=1S/C29H32F2N4O2/c30-23-13-20(14-24(31)16-23)2-4-28(37)35-9-5-22(6-10-35)27(36)18-34-11-7-29(8-12-34)19-33-26-3-1-21(17-32)15-25(26)29/h1-4,13-16,22,27,33,36H,5-12,18-19H2. The van der Waals surface area contributed by atoms with Crippen molar-refractivity contribution in [1.82, 2.24) is 9.80 Å². The summed E-state index contributed by atoms with van der Waals surface area (Å²) in [5, 5.41) is 23.8. The molecule has 0 bridgehead atoms. The summed E-state index contributed by atoms with van der Waals surface area (Å²) in [6, 6.07) is 11.3. The van der Waals surface area contributed by atoms with E-state index in [9.17, 15) is 23.9 Å². The summed E-state index contributed by atoms with van der Waals surface area (Å²) >= 11 is 0.